The highest BCUT2D eigenvalue weighted by atomic mass is 16.5. The topological polar surface area (TPSA) is 80.2 Å². The maximum absolute atomic E-state index is 11.3. The number of aromatic amines is 1. The summed E-state index contributed by atoms with van der Waals surface area (Å²) in [5, 5.41) is 3.24. The number of esters is 1. The molecule has 0 unspecified atom stereocenters. The number of furan rings is 1. The summed E-state index contributed by atoms with van der Waals surface area (Å²) in [6.07, 6.45) is 1.39. The van der Waals surface area contributed by atoms with Gasteiger partial charge in [-0.15, -0.1) is 0 Å². The molecule has 6 heteroatoms. The molecule has 0 bridgehead atoms. The highest BCUT2D eigenvalue weighted by Gasteiger charge is 2.10. The van der Waals surface area contributed by atoms with Gasteiger partial charge in [-0.2, -0.15) is 0 Å². The molecule has 0 aliphatic carbocycles. The Hall–Kier alpha value is -2.76. The summed E-state index contributed by atoms with van der Waals surface area (Å²) in [6, 6.07) is 7.55. The second-order valence-electron chi connectivity index (χ2n) is 4.70. The summed E-state index contributed by atoms with van der Waals surface area (Å²) in [6.45, 7) is 2.40. The first-order valence-corrected chi connectivity index (χ1v) is 6.51. The third-order valence-corrected chi connectivity index (χ3v) is 3.14. The Balaban J connectivity index is 1.70. The van der Waals surface area contributed by atoms with E-state index in [2.05, 4.69) is 20.0 Å². The van der Waals surface area contributed by atoms with Crippen molar-refractivity contribution in [3.8, 4) is 0 Å². The molecule has 3 aromatic rings. The lowest BCUT2D eigenvalue weighted by Crippen LogP contribution is -2.00. The van der Waals surface area contributed by atoms with E-state index in [1.165, 1.54) is 13.4 Å². The van der Waals surface area contributed by atoms with Crippen LogP contribution in [0, 0.1) is 6.92 Å². The number of H-pyrrole nitrogens is 1. The van der Waals surface area contributed by atoms with Gasteiger partial charge in [0.25, 0.3) is 0 Å². The molecular formula is C15H15N3O3. The van der Waals surface area contributed by atoms with E-state index in [4.69, 9.17) is 4.42 Å². The molecule has 0 radical (unpaired) electrons. The number of nitrogens with zero attached hydrogens (tertiary/aromatic N) is 1. The van der Waals surface area contributed by atoms with Crippen LogP contribution in [0.1, 0.15) is 21.9 Å². The Kier molecular flexibility index (Phi) is 3.35. The van der Waals surface area contributed by atoms with Gasteiger partial charge < -0.3 is 19.5 Å². The van der Waals surface area contributed by atoms with Gasteiger partial charge in [0.15, 0.2) is 0 Å². The number of rotatable bonds is 4. The molecule has 2 heterocycles. The molecule has 0 fully saturated rings. The van der Waals surface area contributed by atoms with Gasteiger partial charge in [-0.25, -0.2) is 9.78 Å². The number of carbonyl (C=O) groups is 1. The van der Waals surface area contributed by atoms with Crippen molar-refractivity contribution in [2.24, 2.45) is 0 Å². The Morgan fingerprint density at radius 3 is 3.10 bits per heavy atom. The standard InChI is InChI=1S/C15H15N3O3/c1-9-17-13-4-3-11(6-14(13)18-9)16-7-12-5-10(8-21-12)15(19)20-2/h3-6,8,16H,7H2,1-2H3,(H,17,18). The van der Waals surface area contributed by atoms with Gasteiger partial charge >= 0.3 is 5.97 Å². The molecule has 2 aromatic heterocycles. The second-order valence-corrected chi connectivity index (χ2v) is 4.70. The van der Waals surface area contributed by atoms with E-state index >= 15 is 0 Å². The van der Waals surface area contributed by atoms with Crippen LogP contribution in [0.25, 0.3) is 11.0 Å². The average Bonchev–Trinajstić information content (AvgIpc) is 3.09. The summed E-state index contributed by atoms with van der Waals surface area (Å²) in [4.78, 5) is 18.9. The minimum absolute atomic E-state index is 0.403. The predicted octanol–water partition coefficient (Wildman–Crippen LogP) is 2.86. The van der Waals surface area contributed by atoms with Crippen molar-refractivity contribution in [3.05, 3.63) is 47.7 Å². The Morgan fingerprint density at radius 2 is 2.29 bits per heavy atom. The number of nitrogens with one attached hydrogen (secondary N) is 2. The fourth-order valence-electron chi connectivity index (χ4n) is 2.13. The van der Waals surface area contributed by atoms with Gasteiger partial charge in [-0.1, -0.05) is 0 Å². The van der Waals surface area contributed by atoms with Crippen molar-refractivity contribution >= 4 is 22.7 Å². The number of benzene rings is 1. The number of aryl methyl sites for hydroxylation is 1. The SMILES string of the molecule is COC(=O)c1coc(CNc2ccc3nc(C)[nH]c3c2)c1. The minimum atomic E-state index is -0.403. The smallest absolute Gasteiger partial charge is 0.341 e. The second kappa shape index (κ2) is 5.32. The largest absolute Gasteiger partial charge is 0.467 e. The molecule has 0 saturated carbocycles. The third kappa shape index (κ3) is 2.74. The van der Waals surface area contributed by atoms with Gasteiger partial charge in [-0.05, 0) is 31.2 Å². The van der Waals surface area contributed by atoms with Gasteiger partial charge in [0.2, 0.25) is 0 Å². The maximum Gasteiger partial charge on any atom is 0.341 e. The quantitative estimate of drug-likeness (QED) is 0.720. The van der Waals surface area contributed by atoms with Crippen molar-refractivity contribution in [1.82, 2.24) is 9.97 Å². The minimum Gasteiger partial charge on any atom is -0.467 e. The summed E-state index contributed by atoms with van der Waals surface area (Å²) < 4.78 is 9.95. The van der Waals surface area contributed by atoms with Crippen LogP contribution < -0.4 is 5.32 Å². The molecular weight excluding hydrogens is 270 g/mol. The van der Waals surface area contributed by atoms with Crippen molar-refractivity contribution in [2.45, 2.75) is 13.5 Å². The molecule has 2 N–H and O–H groups in total. The monoisotopic (exact) mass is 285 g/mol. The first kappa shape index (κ1) is 13.2. The predicted molar refractivity (Wildman–Crippen MR) is 78.2 cm³/mol. The first-order valence-electron chi connectivity index (χ1n) is 6.51. The van der Waals surface area contributed by atoms with E-state index in [9.17, 15) is 4.79 Å². The number of carbonyl (C=O) groups excluding carboxylic acids is 1. The zero-order chi connectivity index (χ0) is 14.8. The van der Waals surface area contributed by atoms with Gasteiger partial charge in [0.1, 0.15) is 17.8 Å². The fraction of sp³-hybridized carbons (Fsp3) is 0.200. The van der Waals surface area contributed by atoms with Crippen LogP contribution in [-0.2, 0) is 11.3 Å². The lowest BCUT2D eigenvalue weighted by molar-refractivity contribution is 0.0600. The van der Waals surface area contributed by atoms with Crippen LogP contribution in [0.4, 0.5) is 5.69 Å². The molecule has 21 heavy (non-hydrogen) atoms. The number of imidazole rings is 1. The van der Waals surface area contributed by atoms with Crippen LogP contribution in [0.15, 0.2) is 34.9 Å². The van der Waals surface area contributed by atoms with Crippen LogP contribution in [0.5, 0.6) is 0 Å². The molecule has 0 aliphatic rings. The number of hydrogen-bond donors (Lipinski definition) is 2. The molecule has 0 amide bonds. The zero-order valence-electron chi connectivity index (χ0n) is 11.8. The molecule has 0 saturated heterocycles. The van der Waals surface area contributed by atoms with Gasteiger partial charge in [-0.3, -0.25) is 0 Å². The van der Waals surface area contributed by atoms with Crippen LogP contribution in [0.3, 0.4) is 0 Å². The van der Waals surface area contributed by atoms with E-state index in [0.717, 1.165) is 22.5 Å². The van der Waals surface area contributed by atoms with Crippen LogP contribution in [-0.4, -0.2) is 23.0 Å². The Bertz CT molecular complexity index is 788. The molecule has 0 spiro atoms. The van der Waals surface area contributed by atoms with E-state index < -0.39 is 5.97 Å². The first-order chi connectivity index (χ1) is 10.2. The van der Waals surface area contributed by atoms with Gasteiger partial charge in [0, 0.05) is 5.69 Å². The lowest BCUT2D eigenvalue weighted by Gasteiger charge is -2.03. The normalized spacial score (nSPS) is 10.8. The molecule has 3 rings (SSSR count). The zero-order valence-corrected chi connectivity index (χ0v) is 11.8. The number of aromatic nitrogens is 2. The Morgan fingerprint density at radius 1 is 1.43 bits per heavy atom. The molecule has 0 aliphatic heterocycles. The number of hydrogen-bond acceptors (Lipinski definition) is 5. The summed E-state index contributed by atoms with van der Waals surface area (Å²) >= 11 is 0. The number of methoxy groups -OCH3 is 1. The maximum atomic E-state index is 11.3. The van der Waals surface area contributed by atoms with Crippen molar-refractivity contribution in [2.75, 3.05) is 12.4 Å². The van der Waals surface area contributed by atoms with Crippen molar-refractivity contribution < 1.29 is 13.9 Å². The third-order valence-electron chi connectivity index (χ3n) is 3.14. The average molecular weight is 285 g/mol. The number of anilines is 1. The lowest BCUT2D eigenvalue weighted by atomic mass is 10.2. The fourth-order valence-corrected chi connectivity index (χ4v) is 2.13. The Labute approximate surface area is 121 Å². The highest BCUT2D eigenvalue weighted by Crippen LogP contribution is 2.18. The summed E-state index contributed by atoms with van der Waals surface area (Å²) in [5.41, 5.74) is 3.27. The van der Waals surface area contributed by atoms with E-state index in [0.29, 0.717) is 17.9 Å². The highest BCUT2D eigenvalue weighted by molar-refractivity contribution is 5.89. The van der Waals surface area contributed by atoms with Crippen molar-refractivity contribution in [3.63, 3.8) is 0 Å². The van der Waals surface area contributed by atoms with Crippen LogP contribution in [0.2, 0.25) is 0 Å². The number of fused-ring (bicyclic) bond motifs is 1. The molecule has 0 atom stereocenters. The van der Waals surface area contributed by atoms with Crippen molar-refractivity contribution in [1.29, 1.82) is 0 Å². The molecule has 108 valence electrons. The van der Waals surface area contributed by atoms with E-state index in [-0.39, 0.29) is 0 Å². The van der Waals surface area contributed by atoms with Crippen LogP contribution >= 0.6 is 0 Å². The number of ether oxygens (including phenoxy) is 1. The summed E-state index contributed by atoms with van der Waals surface area (Å²) in [5.74, 6) is 1.14. The molecule has 1 aromatic carbocycles. The van der Waals surface area contributed by atoms with E-state index in [1.807, 2.05) is 25.1 Å². The molecule has 6 nitrogen and oxygen atoms in total. The van der Waals surface area contributed by atoms with Gasteiger partial charge in [0.05, 0.1) is 30.3 Å². The van der Waals surface area contributed by atoms with E-state index in [1.54, 1.807) is 6.07 Å². The summed E-state index contributed by atoms with van der Waals surface area (Å²) in [7, 11) is 1.34.